The van der Waals surface area contributed by atoms with Gasteiger partial charge >= 0.3 is 0 Å². The van der Waals surface area contributed by atoms with Crippen LogP contribution in [0.3, 0.4) is 0 Å². The van der Waals surface area contributed by atoms with Gasteiger partial charge in [0.2, 0.25) is 0 Å². The fourth-order valence-electron chi connectivity index (χ4n) is 2.59. The fraction of sp³-hybridized carbons (Fsp3) is 0.158. The lowest BCUT2D eigenvalue weighted by atomic mass is 9.85. The Balaban J connectivity index is 1.64. The number of ketones is 2. The maximum Gasteiger partial charge on any atom is 0.191 e. The Morgan fingerprint density at radius 2 is 1.72 bits per heavy atom. The number of benzene rings is 1. The summed E-state index contributed by atoms with van der Waals surface area (Å²) in [6, 6.07) is 10.8. The van der Waals surface area contributed by atoms with E-state index < -0.39 is 0 Å². The summed E-state index contributed by atoms with van der Waals surface area (Å²) in [4.78, 5) is 29.1. The van der Waals surface area contributed by atoms with E-state index in [1.165, 1.54) is 11.8 Å². The van der Waals surface area contributed by atoms with Gasteiger partial charge in [-0.15, -0.1) is 0 Å². The van der Waals surface area contributed by atoms with Crippen LogP contribution in [-0.2, 0) is 6.54 Å². The zero-order chi connectivity index (χ0) is 17.8. The molecular weight excluding hydrogens is 352 g/mol. The van der Waals surface area contributed by atoms with E-state index >= 15 is 0 Å². The second kappa shape index (κ2) is 7.72. The van der Waals surface area contributed by atoms with Gasteiger partial charge in [-0.2, -0.15) is 0 Å². The summed E-state index contributed by atoms with van der Waals surface area (Å²) >= 11 is 6.68. The van der Waals surface area contributed by atoms with Crippen molar-refractivity contribution >= 4 is 39.9 Å². The van der Waals surface area contributed by atoms with Crippen molar-refractivity contribution in [1.82, 2.24) is 10.3 Å². The third-order valence-electron chi connectivity index (χ3n) is 4.02. The number of thiocarbonyl (C=S) groups is 1. The Kier molecular flexibility index (Phi) is 5.40. The zero-order valence-electron chi connectivity index (χ0n) is 13.6. The molecule has 6 heteroatoms. The minimum atomic E-state index is -0.0860. The molecule has 1 aromatic carbocycles. The molecule has 0 unspecified atom stereocenters. The van der Waals surface area contributed by atoms with Crippen molar-refractivity contribution in [3.63, 3.8) is 0 Å². The van der Waals surface area contributed by atoms with Crippen LogP contribution in [-0.4, -0.2) is 26.6 Å². The Morgan fingerprint density at radius 1 is 1.08 bits per heavy atom. The van der Waals surface area contributed by atoms with Crippen LogP contribution in [0.5, 0.6) is 0 Å². The average Bonchev–Trinajstić information content (AvgIpc) is 2.65. The lowest BCUT2D eigenvalue weighted by Gasteiger charge is -2.19. The van der Waals surface area contributed by atoms with E-state index in [1.807, 2.05) is 12.1 Å². The first kappa shape index (κ1) is 17.5. The highest BCUT2D eigenvalue weighted by molar-refractivity contribution is 8.23. The van der Waals surface area contributed by atoms with E-state index in [9.17, 15) is 9.59 Å². The van der Waals surface area contributed by atoms with Gasteiger partial charge in [-0.1, -0.05) is 48.2 Å². The largest absolute Gasteiger partial charge is 0.367 e. The standard InChI is InChI=1S/C19H16N2O2S2/c1-12-16(18(23)15-5-3-2-4-14(15)17(12)22)11-25-19(24)21-10-13-6-8-20-9-7-13/h2-9H,10-11H2,1H3,(H,21,24). The van der Waals surface area contributed by atoms with Gasteiger partial charge in [-0.05, 0) is 24.6 Å². The minimum Gasteiger partial charge on any atom is -0.367 e. The molecule has 126 valence electrons. The number of allylic oxidation sites excluding steroid dienone is 1. The number of nitrogens with one attached hydrogen (secondary N) is 1. The molecule has 0 aliphatic heterocycles. The van der Waals surface area contributed by atoms with Crippen molar-refractivity contribution in [1.29, 1.82) is 0 Å². The highest BCUT2D eigenvalue weighted by Gasteiger charge is 2.29. The predicted octanol–water partition coefficient (Wildman–Crippen LogP) is 3.59. The highest BCUT2D eigenvalue weighted by atomic mass is 32.2. The van der Waals surface area contributed by atoms with Crippen molar-refractivity contribution in [3.8, 4) is 0 Å². The van der Waals surface area contributed by atoms with Crippen LogP contribution < -0.4 is 5.32 Å². The first-order chi connectivity index (χ1) is 12.1. The van der Waals surface area contributed by atoms with E-state index in [4.69, 9.17) is 12.2 Å². The summed E-state index contributed by atoms with van der Waals surface area (Å²) in [7, 11) is 0. The zero-order valence-corrected chi connectivity index (χ0v) is 15.2. The first-order valence-corrected chi connectivity index (χ1v) is 9.15. The number of hydrogen-bond donors (Lipinski definition) is 1. The van der Waals surface area contributed by atoms with Crippen molar-refractivity contribution in [3.05, 3.63) is 76.6 Å². The van der Waals surface area contributed by atoms with Gasteiger partial charge in [0.05, 0.1) is 0 Å². The number of carbonyl (C=O) groups is 2. The molecule has 2 aromatic rings. The molecule has 0 fully saturated rings. The van der Waals surface area contributed by atoms with Gasteiger partial charge in [0, 0.05) is 47.0 Å². The lowest BCUT2D eigenvalue weighted by molar-refractivity contribution is 0.0975. The van der Waals surface area contributed by atoms with Crippen LogP contribution in [0.25, 0.3) is 0 Å². The quantitative estimate of drug-likeness (QED) is 0.833. The Bertz CT molecular complexity index is 876. The third-order valence-corrected chi connectivity index (χ3v) is 5.35. The number of fused-ring (bicyclic) bond motifs is 1. The van der Waals surface area contributed by atoms with Gasteiger partial charge < -0.3 is 5.32 Å². The van der Waals surface area contributed by atoms with Crippen LogP contribution in [0.2, 0.25) is 0 Å². The second-order valence-corrected chi connectivity index (χ2v) is 7.24. The Labute approximate surface area is 155 Å². The summed E-state index contributed by atoms with van der Waals surface area (Å²) in [5.74, 6) is 0.214. The van der Waals surface area contributed by atoms with Crippen LogP contribution in [0, 0.1) is 0 Å². The number of carbonyl (C=O) groups excluding carboxylic acids is 2. The van der Waals surface area contributed by atoms with E-state index in [2.05, 4.69) is 10.3 Å². The molecular formula is C19H16N2O2S2. The van der Waals surface area contributed by atoms with Crippen molar-refractivity contribution < 1.29 is 9.59 Å². The van der Waals surface area contributed by atoms with Crippen LogP contribution in [0.4, 0.5) is 0 Å². The molecule has 1 aliphatic rings. The van der Waals surface area contributed by atoms with Crippen LogP contribution in [0.1, 0.15) is 33.2 Å². The summed E-state index contributed by atoms with van der Waals surface area (Å²) in [5, 5.41) is 3.15. The van der Waals surface area contributed by atoms with E-state index in [1.54, 1.807) is 43.6 Å². The molecule has 0 saturated carbocycles. The molecule has 0 amide bonds. The Morgan fingerprint density at radius 3 is 2.40 bits per heavy atom. The third kappa shape index (κ3) is 3.86. The number of nitrogens with zero attached hydrogens (tertiary/aromatic N) is 1. The van der Waals surface area contributed by atoms with E-state index in [-0.39, 0.29) is 11.6 Å². The minimum absolute atomic E-state index is 0.0820. The molecule has 0 bridgehead atoms. The van der Waals surface area contributed by atoms with Crippen LogP contribution >= 0.6 is 24.0 Å². The van der Waals surface area contributed by atoms with Gasteiger partial charge in [-0.25, -0.2) is 0 Å². The van der Waals surface area contributed by atoms with Gasteiger partial charge in [0.15, 0.2) is 11.6 Å². The molecule has 1 heterocycles. The smallest absolute Gasteiger partial charge is 0.191 e. The molecule has 0 saturated heterocycles. The molecule has 4 nitrogen and oxygen atoms in total. The SMILES string of the molecule is CC1=C(CSC(=S)NCc2ccncc2)C(=O)c2ccccc2C1=O. The summed E-state index contributed by atoms with van der Waals surface area (Å²) < 4.78 is 0.594. The van der Waals surface area contributed by atoms with Crippen LogP contribution in [0.15, 0.2) is 59.9 Å². The van der Waals surface area contributed by atoms with E-state index in [0.29, 0.717) is 38.9 Å². The maximum absolute atomic E-state index is 12.7. The lowest BCUT2D eigenvalue weighted by Crippen LogP contribution is -2.24. The number of aromatic nitrogens is 1. The first-order valence-electron chi connectivity index (χ1n) is 7.75. The molecule has 1 aliphatic carbocycles. The maximum atomic E-state index is 12.7. The highest BCUT2D eigenvalue weighted by Crippen LogP contribution is 2.28. The fourth-order valence-corrected chi connectivity index (χ4v) is 3.63. The molecule has 0 radical (unpaired) electrons. The number of hydrogen-bond acceptors (Lipinski definition) is 5. The van der Waals surface area contributed by atoms with Crippen molar-refractivity contribution in [2.24, 2.45) is 0 Å². The summed E-state index contributed by atoms with van der Waals surface area (Å²) in [5.41, 5.74) is 3.07. The normalized spacial score (nSPS) is 13.6. The van der Waals surface area contributed by atoms with Gasteiger partial charge in [0.25, 0.3) is 0 Å². The predicted molar refractivity (Wildman–Crippen MR) is 104 cm³/mol. The monoisotopic (exact) mass is 368 g/mol. The molecule has 0 spiro atoms. The van der Waals surface area contributed by atoms with Gasteiger partial charge in [-0.3, -0.25) is 14.6 Å². The average molecular weight is 368 g/mol. The van der Waals surface area contributed by atoms with Gasteiger partial charge in [0.1, 0.15) is 4.32 Å². The molecule has 25 heavy (non-hydrogen) atoms. The van der Waals surface area contributed by atoms with Crippen molar-refractivity contribution in [2.75, 3.05) is 5.75 Å². The Hall–Kier alpha value is -2.31. The summed E-state index contributed by atoms with van der Waals surface area (Å²) in [6.45, 7) is 2.31. The molecule has 1 aromatic heterocycles. The molecule has 0 atom stereocenters. The van der Waals surface area contributed by atoms with Crippen molar-refractivity contribution in [2.45, 2.75) is 13.5 Å². The topological polar surface area (TPSA) is 59.1 Å². The molecule has 1 N–H and O–H groups in total. The second-order valence-electron chi connectivity index (χ2n) is 5.59. The number of thioether (sulfide) groups is 1. The summed E-state index contributed by atoms with van der Waals surface area (Å²) in [6.07, 6.45) is 3.45. The molecule has 3 rings (SSSR count). The number of pyridine rings is 1. The van der Waals surface area contributed by atoms with E-state index in [0.717, 1.165) is 5.56 Å². The number of rotatable bonds is 4. The number of Topliss-reactive ketones (excluding diaryl/α,β-unsaturated/α-hetero) is 2.